The molecule has 1 aromatic carbocycles. The molecule has 0 bridgehead atoms. The van der Waals surface area contributed by atoms with Gasteiger partial charge < -0.3 is 19.8 Å². The Morgan fingerprint density at radius 3 is 2.78 bits per heavy atom. The van der Waals surface area contributed by atoms with Crippen LogP contribution in [0.5, 0.6) is 0 Å². The van der Waals surface area contributed by atoms with Crippen LogP contribution in [0.2, 0.25) is 0 Å². The molecule has 2 aromatic rings. The lowest BCUT2D eigenvalue weighted by Crippen LogP contribution is -2.49. The summed E-state index contributed by atoms with van der Waals surface area (Å²) in [5, 5.41) is 7.38. The Morgan fingerprint density at radius 1 is 1.35 bits per heavy atom. The molecule has 1 aromatic heterocycles. The van der Waals surface area contributed by atoms with Gasteiger partial charge in [-0.2, -0.15) is 0 Å². The van der Waals surface area contributed by atoms with Crippen LogP contribution in [0.4, 0.5) is 0 Å². The quantitative estimate of drug-likeness (QED) is 0.910. The largest absolute Gasteiger partial charge is 0.459 e. The standard InChI is InChI=1S/C18H24N2O3/c1-11(2)16(20-18(21)15-10-19-8-9-22-15)17-12(3)13-6-4-5-7-14(13)23-17/h4-7,11,15-16,19H,8-10H2,1-3H3,(H,20,21). The lowest BCUT2D eigenvalue weighted by molar-refractivity contribution is -0.135. The van der Waals surface area contributed by atoms with E-state index < -0.39 is 6.10 Å². The number of nitrogens with one attached hydrogen (secondary N) is 2. The Kier molecular flexibility index (Phi) is 4.68. The number of ether oxygens (including phenoxy) is 1. The summed E-state index contributed by atoms with van der Waals surface area (Å²) in [6.07, 6.45) is -0.435. The van der Waals surface area contributed by atoms with Crippen molar-refractivity contribution in [2.75, 3.05) is 19.7 Å². The number of aryl methyl sites for hydroxylation is 1. The Labute approximate surface area is 136 Å². The van der Waals surface area contributed by atoms with Gasteiger partial charge in [0.15, 0.2) is 0 Å². The van der Waals surface area contributed by atoms with Crippen molar-refractivity contribution >= 4 is 16.9 Å². The fourth-order valence-electron chi connectivity index (χ4n) is 3.00. The summed E-state index contributed by atoms with van der Waals surface area (Å²) in [7, 11) is 0. The lowest BCUT2D eigenvalue weighted by atomic mass is 9.98. The number of amides is 1. The van der Waals surface area contributed by atoms with E-state index in [2.05, 4.69) is 24.5 Å². The monoisotopic (exact) mass is 316 g/mol. The number of hydrogen-bond acceptors (Lipinski definition) is 4. The summed E-state index contributed by atoms with van der Waals surface area (Å²) in [5.74, 6) is 0.962. The van der Waals surface area contributed by atoms with E-state index >= 15 is 0 Å². The molecule has 1 amide bonds. The van der Waals surface area contributed by atoms with Gasteiger partial charge in [-0.3, -0.25) is 4.79 Å². The van der Waals surface area contributed by atoms with Crippen molar-refractivity contribution in [1.29, 1.82) is 0 Å². The predicted molar refractivity (Wildman–Crippen MR) is 89.3 cm³/mol. The van der Waals surface area contributed by atoms with Crippen LogP contribution in [0.1, 0.15) is 31.2 Å². The first kappa shape index (κ1) is 16.0. The summed E-state index contributed by atoms with van der Waals surface area (Å²) in [6.45, 7) is 8.11. The van der Waals surface area contributed by atoms with Gasteiger partial charge in [-0.1, -0.05) is 32.0 Å². The highest BCUT2D eigenvalue weighted by molar-refractivity contribution is 5.84. The van der Waals surface area contributed by atoms with Crippen molar-refractivity contribution in [2.24, 2.45) is 5.92 Å². The predicted octanol–water partition coefficient (Wildman–Crippen LogP) is 2.54. The summed E-state index contributed by atoms with van der Waals surface area (Å²) >= 11 is 0. The number of carbonyl (C=O) groups excluding carboxylic acids is 1. The Balaban J connectivity index is 1.85. The van der Waals surface area contributed by atoms with E-state index in [4.69, 9.17) is 9.15 Å². The molecule has 23 heavy (non-hydrogen) atoms. The molecule has 2 unspecified atom stereocenters. The van der Waals surface area contributed by atoms with Crippen molar-refractivity contribution in [1.82, 2.24) is 10.6 Å². The minimum Gasteiger partial charge on any atom is -0.459 e. The molecule has 124 valence electrons. The maximum Gasteiger partial charge on any atom is 0.251 e. The van der Waals surface area contributed by atoms with Gasteiger partial charge in [-0.15, -0.1) is 0 Å². The second kappa shape index (κ2) is 6.72. The van der Waals surface area contributed by atoms with Crippen LogP contribution >= 0.6 is 0 Å². The van der Waals surface area contributed by atoms with Gasteiger partial charge in [0.1, 0.15) is 17.4 Å². The molecule has 5 heteroatoms. The van der Waals surface area contributed by atoms with Gasteiger partial charge in [0.2, 0.25) is 0 Å². The van der Waals surface area contributed by atoms with Crippen molar-refractivity contribution in [3.8, 4) is 0 Å². The van der Waals surface area contributed by atoms with Crippen LogP contribution < -0.4 is 10.6 Å². The second-order valence-electron chi connectivity index (χ2n) is 6.38. The van der Waals surface area contributed by atoms with E-state index in [-0.39, 0.29) is 17.9 Å². The Hall–Kier alpha value is -1.85. The van der Waals surface area contributed by atoms with Gasteiger partial charge in [-0.25, -0.2) is 0 Å². The van der Waals surface area contributed by atoms with Crippen molar-refractivity contribution in [3.05, 3.63) is 35.6 Å². The third-order valence-electron chi connectivity index (χ3n) is 4.35. The van der Waals surface area contributed by atoms with Gasteiger partial charge in [0.25, 0.3) is 5.91 Å². The first-order chi connectivity index (χ1) is 11.1. The third kappa shape index (κ3) is 3.26. The highest BCUT2D eigenvalue weighted by atomic mass is 16.5. The molecule has 1 aliphatic heterocycles. The fraction of sp³-hybridized carbons (Fsp3) is 0.500. The summed E-state index contributed by atoms with van der Waals surface area (Å²) in [4.78, 5) is 12.5. The number of carbonyl (C=O) groups is 1. The van der Waals surface area contributed by atoms with E-state index in [1.807, 2.05) is 31.2 Å². The van der Waals surface area contributed by atoms with E-state index in [0.717, 1.165) is 28.8 Å². The second-order valence-corrected chi connectivity index (χ2v) is 6.38. The lowest BCUT2D eigenvalue weighted by Gasteiger charge is -2.27. The normalized spacial score (nSPS) is 19.9. The molecule has 2 heterocycles. The van der Waals surface area contributed by atoms with Crippen LogP contribution in [-0.2, 0) is 9.53 Å². The van der Waals surface area contributed by atoms with Crippen molar-refractivity contribution in [2.45, 2.75) is 32.9 Å². The summed E-state index contributed by atoms with van der Waals surface area (Å²) in [5.41, 5.74) is 1.94. The Morgan fingerprint density at radius 2 is 2.13 bits per heavy atom. The van der Waals surface area contributed by atoms with Crippen LogP contribution in [0.3, 0.4) is 0 Å². The Bertz CT molecular complexity index is 687. The maximum absolute atomic E-state index is 12.5. The van der Waals surface area contributed by atoms with E-state index in [0.29, 0.717) is 13.2 Å². The van der Waals surface area contributed by atoms with Gasteiger partial charge >= 0.3 is 0 Å². The van der Waals surface area contributed by atoms with Crippen LogP contribution in [0.15, 0.2) is 28.7 Å². The number of hydrogen-bond donors (Lipinski definition) is 2. The van der Waals surface area contributed by atoms with E-state index in [1.165, 1.54) is 0 Å². The first-order valence-electron chi connectivity index (χ1n) is 8.18. The average molecular weight is 316 g/mol. The molecular weight excluding hydrogens is 292 g/mol. The number of rotatable bonds is 4. The number of benzene rings is 1. The number of morpholine rings is 1. The summed E-state index contributed by atoms with van der Waals surface area (Å²) < 4.78 is 11.6. The smallest absolute Gasteiger partial charge is 0.251 e. The van der Waals surface area contributed by atoms with Crippen LogP contribution in [0, 0.1) is 12.8 Å². The molecular formula is C18H24N2O3. The van der Waals surface area contributed by atoms with Gasteiger partial charge in [0.05, 0.1) is 12.6 Å². The van der Waals surface area contributed by atoms with Crippen molar-refractivity contribution < 1.29 is 13.9 Å². The molecule has 0 radical (unpaired) electrons. The maximum atomic E-state index is 12.5. The number of fused-ring (bicyclic) bond motifs is 1. The van der Waals surface area contributed by atoms with Gasteiger partial charge in [-0.05, 0) is 18.9 Å². The number of para-hydroxylation sites is 1. The SMILES string of the molecule is Cc1c(C(NC(=O)C2CNCCO2)C(C)C)oc2ccccc12. The zero-order chi connectivity index (χ0) is 16.4. The molecule has 3 rings (SSSR count). The van der Waals surface area contributed by atoms with Crippen LogP contribution in [0.25, 0.3) is 11.0 Å². The molecule has 0 aliphatic carbocycles. The summed E-state index contributed by atoms with van der Waals surface area (Å²) in [6, 6.07) is 7.79. The fourth-order valence-corrected chi connectivity index (χ4v) is 3.00. The molecule has 5 nitrogen and oxygen atoms in total. The third-order valence-corrected chi connectivity index (χ3v) is 4.35. The molecule has 2 atom stereocenters. The van der Waals surface area contributed by atoms with Crippen LogP contribution in [-0.4, -0.2) is 31.7 Å². The van der Waals surface area contributed by atoms with E-state index in [1.54, 1.807) is 0 Å². The molecule has 0 spiro atoms. The zero-order valence-corrected chi connectivity index (χ0v) is 13.9. The average Bonchev–Trinajstić information content (AvgIpc) is 2.90. The molecule has 1 aliphatic rings. The molecule has 2 N–H and O–H groups in total. The molecule has 1 saturated heterocycles. The highest BCUT2D eigenvalue weighted by Gasteiger charge is 2.29. The molecule has 1 fully saturated rings. The van der Waals surface area contributed by atoms with Crippen molar-refractivity contribution in [3.63, 3.8) is 0 Å². The highest BCUT2D eigenvalue weighted by Crippen LogP contribution is 2.32. The number of furan rings is 1. The minimum absolute atomic E-state index is 0.0873. The molecule has 0 saturated carbocycles. The van der Waals surface area contributed by atoms with Gasteiger partial charge in [0, 0.05) is 24.0 Å². The van der Waals surface area contributed by atoms with E-state index in [9.17, 15) is 4.79 Å². The topological polar surface area (TPSA) is 63.5 Å². The first-order valence-corrected chi connectivity index (χ1v) is 8.18. The zero-order valence-electron chi connectivity index (χ0n) is 13.9. The minimum atomic E-state index is -0.435.